The Bertz CT molecular complexity index is 525. The molecule has 0 amide bonds. The second-order valence-corrected chi connectivity index (χ2v) is 5.45. The normalized spacial score (nSPS) is 18.4. The molecule has 0 spiro atoms. The molecule has 0 aliphatic heterocycles. The summed E-state index contributed by atoms with van der Waals surface area (Å²) in [4.78, 5) is 3.60. The lowest BCUT2D eigenvalue weighted by atomic mass is 9.83. The van der Waals surface area contributed by atoms with Crippen molar-refractivity contribution in [1.82, 2.24) is 4.98 Å². The predicted molar refractivity (Wildman–Crippen MR) is 69.1 cm³/mol. The second-order valence-electron chi connectivity index (χ2n) is 5.45. The summed E-state index contributed by atoms with van der Waals surface area (Å²) in [5.41, 5.74) is -1.12. The van der Waals surface area contributed by atoms with E-state index in [2.05, 4.69) is 10.3 Å². The van der Waals surface area contributed by atoms with E-state index in [1.54, 1.807) is 0 Å². The Hall–Kier alpha value is -1.77. The number of aromatic nitrogens is 1. The zero-order chi connectivity index (χ0) is 14.8. The molecule has 1 heterocycles. The fourth-order valence-corrected chi connectivity index (χ4v) is 2.55. The van der Waals surface area contributed by atoms with Gasteiger partial charge in [0, 0.05) is 5.54 Å². The first kappa shape index (κ1) is 14.6. The average molecular weight is 283 g/mol. The molecule has 1 aromatic heterocycles. The van der Waals surface area contributed by atoms with Gasteiger partial charge in [-0.2, -0.15) is 18.4 Å². The van der Waals surface area contributed by atoms with Crippen LogP contribution in [0.25, 0.3) is 0 Å². The van der Waals surface area contributed by atoms with Crippen molar-refractivity contribution in [1.29, 1.82) is 5.26 Å². The molecule has 0 bridgehead atoms. The molecule has 0 aromatic carbocycles. The molecule has 0 atom stereocenters. The Kier molecular flexibility index (Phi) is 3.89. The van der Waals surface area contributed by atoms with Gasteiger partial charge in [-0.25, -0.2) is 4.98 Å². The van der Waals surface area contributed by atoms with E-state index in [9.17, 15) is 13.2 Å². The summed E-state index contributed by atoms with van der Waals surface area (Å²) >= 11 is 0. The highest BCUT2D eigenvalue weighted by Crippen LogP contribution is 2.33. The standard InChI is InChI=1S/C14H16F3N3/c1-13(7-3-2-4-8-13)20-12-10(9-18)5-6-11(19-12)14(15,16)17/h5-6H,2-4,7-8H2,1H3,(H,19,20). The van der Waals surface area contributed by atoms with E-state index in [0.29, 0.717) is 0 Å². The Morgan fingerprint density at radius 2 is 1.90 bits per heavy atom. The minimum Gasteiger partial charge on any atom is -0.364 e. The zero-order valence-corrected chi connectivity index (χ0v) is 11.2. The molecule has 0 radical (unpaired) electrons. The van der Waals surface area contributed by atoms with Gasteiger partial charge in [0.05, 0.1) is 5.56 Å². The van der Waals surface area contributed by atoms with E-state index in [-0.39, 0.29) is 16.9 Å². The lowest BCUT2D eigenvalue weighted by Gasteiger charge is -2.35. The Labute approximate surface area is 115 Å². The van der Waals surface area contributed by atoms with Gasteiger partial charge in [0.15, 0.2) is 0 Å². The molecular formula is C14H16F3N3. The SMILES string of the molecule is CC1(Nc2nc(C(F)(F)F)ccc2C#N)CCCCC1. The quantitative estimate of drug-likeness (QED) is 0.888. The minimum absolute atomic E-state index is 0.0340. The average Bonchev–Trinajstić information content (AvgIpc) is 2.38. The summed E-state index contributed by atoms with van der Waals surface area (Å²) in [5, 5.41) is 12.1. The van der Waals surface area contributed by atoms with Crippen molar-refractivity contribution in [2.75, 3.05) is 5.32 Å². The summed E-state index contributed by atoms with van der Waals surface area (Å²) in [6.07, 6.45) is 0.441. The van der Waals surface area contributed by atoms with Crippen molar-refractivity contribution in [2.45, 2.75) is 50.7 Å². The first-order chi connectivity index (χ1) is 9.34. The monoisotopic (exact) mass is 283 g/mol. The molecule has 1 aliphatic carbocycles. The van der Waals surface area contributed by atoms with Crippen molar-refractivity contribution in [3.05, 3.63) is 23.4 Å². The van der Waals surface area contributed by atoms with Crippen molar-refractivity contribution < 1.29 is 13.2 Å². The van der Waals surface area contributed by atoms with Crippen LogP contribution < -0.4 is 5.32 Å². The van der Waals surface area contributed by atoms with Gasteiger partial charge in [0.25, 0.3) is 0 Å². The van der Waals surface area contributed by atoms with Crippen molar-refractivity contribution >= 4 is 5.82 Å². The molecule has 1 N–H and O–H groups in total. The Morgan fingerprint density at radius 3 is 2.45 bits per heavy atom. The molecule has 2 rings (SSSR count). The maximum Gasteiger partial charge on any atom is 0.433 e. The molecular weight excluding hydrogens is 267 g/mol. The van der Waals surface area contributed by atoms with Gasteiger partial charge in [-0.1, -0.05) is 19.3 Å². The fraction of sp³-hybridized carbons (Fsp3) is 0.571. The van der Waals surface area contributed by atoms with Gasteiger partial charge in [0.1, 0.15) is 17.6 Å². The highest BCUT2D eigenvalue weighted by molar-refractivity contribution is 5.54. The number of nitrogens with one attached hydrogen (secondary N) is 1. The number of alkyl halides is 3. The molecule has 6 heteroatoms. The second kappa shape index (κ2) is 5.31. The third-order valence-electron chi connectivity index (χ3n) is 3.68. The van der Waals surface area contributed by atoms with E-state index >= 15 is 0 Å². The molecule has 1 saturated carbocycles. The van der Waals surface area contributed by atoms with Crippen LogP contribution in [0.5, 0.6) is 0 Å². The summed E-state index contributed by atoms with van der Waals surface area (Å²) < 4.78 is 38.1. The minimum atomic E-state index is -4.50. The maximum atomic E-state index is 12.7. The molecule has 1 aliphatic rings. The van der Waals surface area contributed by atoms with Gasteiger partial charge < -0.3 is 5.32 Å². The highest BCUT2D eigenvalue weighted by atomic mass is 19.4. The zero-order valence-electron chi connectivity index (χ0n) is 11.2. The number of rotatable bonds is 2. The first-order valence-corrected chi connectivity index (χ1v) is 6.61. The number of pyridine rings is 1. The van der Waals surface area contributed by atoms with Crippen molar-refractivity contribution in [2.24, 2.45) is 0 Å². The van der Waals surface area contributed by atoms with Crippen LogP contribution in [0.3, 0.4) is 0 Å². The van der Waals surface area contributed by atoms with Gasteiger partial charge in [0.2, 0.25) is 0 Å². The van der Waals surface area contributed by atoms with Gasteiger partial charge in [-0.3, -0.25) is 0 Å². The van der Waals surface area contributed by atoms with Crippen LogP contribution in [-0.2, 0) is 6.18 Å². The molecule has 1 aromatic rings. The van der Waals surface area contributed by atoms with Crippen LogP contribution in [0.2, 0.25) is 0 Å². The molecule has 0 saturated heterocycles. The number of anilines is 1. The van der Waals surface area contributed by atoms with Crippen molar-refractivity contribution in [3.63, 3.8) is 0 Å². The largest absolute Gasteiger partial charge is 0.433 e. The third-order valence-corrected chi connectivity index (χ3v) is 3.68. The van der Waals surface area contributed by atoms with Gasteiger partial charge in [-0.15, -0.1) is 0 Å². The lowest BCUT2D eigenvalue weighted by molar-refractivity contribution is -0.141. The Balaban J connectivity index is 2.32. The van der Waals surface area contributed by atoms with Crippen LogP contribution in [0, 0.1) is 11.3 Å². The molecule has 0 unspecified atom stereocenters. The highest BCUT2D eigenvalue weighted by Gasteiger charge is 2.34. The fourth-order valence-electron chi connectivity index (χ4n) is 2.55. The molecule has 108 valence electrons. The molecule has 3 nitrogen and oxygen atoms in total. The van der Waals surface area contributed by atoms with E-state index < -0.39 is 11.9 Å². The summed E-state index contributed by atoms with van der Waals surface area (Å²) in [6.45, 7) is 1.97. The topological polar surface area (TPSA) is 48.7 Å². The lowest BCUT2D eigenvalue weighted by Crippen LogP contribution is -2.37. The van der Waals surface area contributed by atoms with Gasteiger partial charge >= 0.3 is 6.18 Å². The van der Waals surface area contributed by atoms with Crippen LogP contribution in [0.4, 0.5) is 19.0 Å². The number of hydrogen-bond acceptors (Lipinski definition) is 3. The smallest absolute Gasteiger partial charge is 0.364 e. The number of nitrogens with zero attached hydrogens (tertiary/aromatic N) is 2. The maximum absolute atomic E-state index is 12.7. The van der Waals surface area contributed by atoms with E-state index in [1.165, 1.54) is 6.07 Å². The molecule has 1 fully saturated rings. The van der Waals surface area contributed by atoms with Gasteiger partial charge in [-0.05, 0) is 31.9 Å². The third kappa shape index (κ3) is 3.21. The summed E-state index contributed by atoms with van der Waals surface area (Å²) in [6, 6.07) is 3.90. The van der Waals surface area contributed by atoms with Crippen molar-refractivity contribution in [3.8, 4) is 6.07 Å². The molecule has 20 heavy (non-hydrogen) atoms. The van der Waals surface area contributed by atoms with Crippen LogP contribution in [0.1, 0.15) is 50.3 Å². The Morgan fingerprint density at radius 1 is 1.25 bits per heavy atom. The summed E-state index contributed by atoms with van der Waals surface area (Å²) in [5.74, 6) is 0.0340. The predicted octanol–water partition coefficient (Wildman–Crippen LogP) is 4.11. The van der Waals surface area contributed by atoms with Crippen LogP contribution in [-0.4, -0.2) is 10.5 Å². The van der Waals surface area contributed by atoms with E-state index in [0.717, 1.165) is 38.2 Å². The van der Waals surface area contributed by atoms with E-state index in [1.807, 2.05) is 13.0 Å². The first-order valence-electron chi connectivity index (χ1n) is 6.61. The number of hydrogen-bond donors (Lipinski definition) is 1. The number of nitriles is 1. The number of halogens is 3. The summed E-state index contributed by atoms with van der Waals surface area (Å²) in [7, 11) is 0. The van der Waals surface area contributed by atoms with Crippen LogP contribution >= 0.6 is 0 Å². The van der Waals surface area contributed by atoms with E-state index in [4.69, 9.17) is 5.26 Å². The van der Waals surface area contributed by atoms with Crippen LogP contribution in [0.15, 0.2) is 12.1 Å².